The van der Waals surface area contributed by atoms with Crippen LogP contribution in [-0.2, 0) is 19.7 Å². The average molecular weight is 527 g/mol. The van der Waals surface area contributed by atoms with E-state index in [1.54, 1.807) is 6.92 Å². The van der Waals surface area contributed by atoms with Crippen molar-refractivity contribution < 1.29 is 36.5 Å². The molecule has 0 saturated carbocycles. The molecule has 0 saturated heterocycles. The van der Waals surface area contributed by atoms with Gasteiger partial charge in [-0.2, -0.15) is 0 Å². The second kappa shape index (κ2) is 9.92. The molecule has 0 atom stereocenters. The van der Waals surface area contributed by atoms with Crippen LogP contribution in [0, 0.1) is 0 Å². The van der Waals surface area contributed by atoms with E-state index in [1.165, 1.54) is 97.1 Å². The minimum Gasteiger partial charge on any atom is -0.508 e. The van der Waals surface area contributed by atoms with Crippen LogP contribution in [0.5, 0.6) is 23.0 Å². The number of benzene rings is 4. The molecule has 0 aliphatic rings. The van der Waals surface area contributed by atoms with Gasteiger partial charge < -0.3 is 19.7 Å². The standard InChI is InChI=1S/C26H22O8S2/c1-18(33-21-6-14-25(15-7-21)35(29,30)23-10-2-19(27)3-11-23)34-22-8-16-26(17-9-22)36(31,32)24-12-4-20(28)5-13-24/h2-18,27-28H,1H3. The Balaban J connectivity index is 1.40. The van der Waals surface area contributed by atoms with Gasteiger partial charge in [0.05, 0.1) is 19.6 Å². The molecule has 0 fully saturated rings. The Hall–Kier alpha value is -4.02. The number of hydrogen-bond donors (Lipinski definition) is 2. The highest BCUT2D eigenvalue weighted by atomic mass is 32.2. The molecule has 4 aromatic rings. The lowest BCUT2D eigenvalue weighted by molar-refractivity contribution is 0.0222. The lowest BCUT2D eigenvalue weighted by atomic mass is 10.3. The smallest absolute Gasteiger partial charge is 0.238 e. The Kier molecular flexibility index (Phi) is 6.91. The number of phenols is 2. The molecule has 0 heterocycles. The van der Waals surface area contributed by atoms with Gasteiger partial charge >= 0.3 is 0 Å². The molecule has 4 aromatic carbocycles. The third kappa shape index (κ3) is 5.45. The highest BCUT2D eigenvalue weighted by Crippen LogP contribution is 2.27. The van der Waals surface area contributed by atoms with Gasteiger partial charge in [-0.1, -0.05) is 0 Å². The lowest BCUT2D eigenvalue weighted by Crippen LogP contribution is -2.19. The molecule has 0 aliphatic carbocycles. The summed E-state index contributed by atoms with van der Waals surface area (Å²) in [5.74, 6) is 0.693. The van der Waals surface area contributed by atoms with Crippen LogP contribution in [0.4, 0.5) is 0 Å². The summed E-state index contributed by atoms with van der Waals surface area (Å²) in [6.45, 7) is 1.64. The minimum atomic E-state index is -3.75. The first kappa shape index (κ1) is 25.1. The van der Waals surface area contributed by atoms with Crippen LogP contribution < -0.4 is 9.47 Å². The first-order valence-corrected chi connectivity index (χ1v) is 13.6. The van der Waals surface area contributed by atoms with E-state index < -0.39 is 26.0 Å². The second-order valence-electron chi connectivity index (χ2n) is 7.74. The molecule has 8 nitrogen and oxygen atoms in total. The van der Waals surface area contributed by atoms with Gasteiger partial charge in [-0.3, -0.25) is 0 Å². The van der Waals surface area contributed by atoms with Gasteiger partial charge in [-0.15, -0.1) is 0 Å². The third-order valence-electron chi connectivity index (χ3n) is 5.17. The number of aromatic hydroxyl groups is 2. The molecule has 36 heavy (non-hydrogen) atoms. The van der Waals surface area contributed by atoms with Gasteiger partial charge in [0.2, 0.25) is 26.0 Å². The summed E-state index contributed by atoms with van der Waals surface area (Å²) >= 11 is 0. The minimum absolute atomic E-state index is 0.0275. The zero-order chi connectivity index (χ0) is 25.9. The van der Waals surface area contributed by atoms with Crippen molar-refractivity contribution in [2.75, 3.05) is 0 Å². The van der Waals surface area contributed by atoms with Crippen molar-refractivity contribution in [3.8, 4) is 23.0 Å². The van der Waals surface area contributed by atoms with Crippen LogP contribution in [-0.4, -0.2) is 33.3 Å². The molecular weight excluding hydrogens is 504 g/mol. The van der Waals surface area contributed by atoms with E-state index in [0.717, 1.165) is 0 Å². The quantitative estimate of drug-likeness (QED) is 0.320. The zero-order valence-corrected chi connectivity index (χ0v) is 20.6. The molecule has 2 N–H and O–H groups in total. The molecular formula is C26H22O8S2. The Labute approximate surface area is 208 Å². The monoisotopic (exact) mass is 526 g/mol. The molecule has 0 radical (unpaired) electrons. The summed E-state index contributed by atoms with van der Waals surface area (Å²) in [7, 11) is -7.49. The normalized spacial score (nSPS) is 11.8. The molecule has 0 amide bonds. The van der Waals surface area contributed by atoms with Crippen LogP contribution in [0.15, 0.2) is 117 Å². The Bertz CT molecular complexity index is 1420. The van der Waals surface area contributed by atoms with Crippen molar-refractivity contribution in [3.63, 3.8) is 0 Å². The maximum absolute atomic E-state index is 12.7. The topological polar surface area (TPSA) is 127 Å². The molecule has 0 aliphatic heterocycles. The highest BCUT2D eigenvalue weighted by molar-refractivity contribution is 7.91. The Morgan fingerprint density at radius 1 is 0.500 bits per heavy atom. The molecule has 10 heteroatoms. The van der Waals surface area contributed by atoms with Gasteiger partial charge in [-0.05, 0) is 97.1 Å². The summed E-state index contributed by atoms with van der Waals surface area (Å²) in [4.78, 5) is 0.252. The van der Waals surface area contributed by atoms with Gasteiger partial charge in [0.1, 0.15) is 23.0 Å². The molecule has 0 aromatic heterocycles. The predicted molar refractivity (Wildman–Crippen MR) is 131 cm³/mol. The van der Waals surface area contributed by atoms with Crippen molar-refractivity contribution in [3.05, 3.63) is 97.1 Å². The van der Waals surface area contributed by atoms with Crippen molar-refractivity contribution in [2.24, 2.45) is 0 Å². The highest BCUT2D eigenvalue weighted by Gasteiger charge is 2.19. The first-order valence-electron chi connectivity index (χ1n) is 10.7. The molecule has 0 bridgehead atoms. The fraction of sp³-hybridized carbons (Fsp3) is 0.0769. The SMILES string of the molecule is CC(Oc1ccc(S(=O)(=O)c2ccc(O)cc2)cc1)Oc1ccc(S(=O)(=O)c2ccc(O)cc2)cc1. The van der Waals surface area contributed by atoms with E-state index in [-0.39, 0.29) is 31.1 Å². The van der Waals surface area contributed by atoms with Crippen LogP contribution in [0.25, 0.3) is 0 Å². The van der Waals surface area contributed by atoms with E-state index >= 15 is 0 Å². The average Bonchev–Trinajstić information content (AvgIpc) is 2.85. The van der Waals surface area contributed by atoms with Crippen molar-refractivity contribution >= 4 is 19.7 Å². The van der Waals surface area contributed by atoms with Gasteiger partial charge in [0.25, 0.3) is 0 Å². The van der Waals surface area contributed by atoms with Gasteiger partial charge in [0.15, 0.2) is 0 Å². The maximum atomic E-state index is 12.7. The fourth-order valence-electron chi connectivity index (χ4n) is 3.32. The van der Waals surface area contributed by atoms with Crippen molar-refractivity contribution in [2.45, 2.75) is 32.8 Å². The van der Waals surface area contributed by atoms with Gasteiger partial charge in [0, 0.05) is 6.92 Å². The lowest BCUT2D eigenvalue weighted by Gasteiger charge is -2.17. The number of sulfone groups is 2. The predicted octanol–water partition coefficient (Wildman–Crippen LogP) is 4.57. The Morgan fingerprint density at radius 2 is 0.750 bits per heavy atom. The summed E-state index contributed by atoms with van der Waals surface area (Å²) < 4.78 is 62.3. The van der Waals surface area contributed by atoms with Crippen LogP contribution >= 0.6 is 0 Å². The van der Waals surface area contributed by atoms with Crippen molar-refractivity contribution in [1.82, 2.24) is 0 Å². The summed E-state index contributed by atoms with van der Waals surface area (Å²) in [6, 6.07) is 22.2. The van der Waals surface area contributed by atoms with Crippen molar-refractivity contribution in [1.29, 1.82) is 0 Å². The summed E-state index contributed by atoms with van der Waals surface area (Å²) in [5.41, 5.74) is 0. The van der Waals surface area contributed by atoms with E-state index in [1.807, 2.05) is 0 Å². The first-order chi connectivity index (χ1) is 17.1. The molecule has 186 valence electrons. The molecule has 4 rings (SSSR count). The van der Waals surface area contributed by atoms with E-state index in [9.17, 15) is 27.0 Å². The zero-order valence-electron chi connectivity index (χ0n) is 19.0. The third-order valence-corrected chi connectivity index (χ3v) is 8.74. The van der Waals surface area contributed by atoms with Gasteiger partial charge in [-0.25, -0.2) is 16.8 Å². The van der Waals surface area contributed by atoms with E-state index in [2.05, 4.69) is 0 Å². The van der Waals surface area contributed by atoms with E-state index in [0.29, 0.717) is 11.5 Å². The van der Waals surface area contributed by atoms with Crippen LogP contribution in [0.1, 0.15) is 6.92 Å². The largest absolute Gasteiger partial charge is 0.508 e. The Morgan fingerprint density at radius 3 is 1.03 bits per heavy atom. The molecule has 0 spiro atoms. The van der Waals surface area contributed by atoms with E-state index in [4.69, 9.17) is 9.47 Å². The number of rotatable bonds is 8. The van der Waals surface area contributed by atoms with Crippen LogP contribution in [0.3, 0.4) is 0 Å². The molecule has 0 unspecified atom stereocenters. The number of ether oxygens (including phenoxy) is 2. The second-order valence-corrected chi connectivity index (χ2v) is 11.6. The fourth-order valence-corrected chi connectivity index (χ4v) is 5.85. The summed E-state index contributed by atoms with van der Waals surface area (Å²) in [5, 5.41) is 18.7. The number of hydrogen-bond acceptors (Lipinski definition) is 8. The van der Waals surface area contributed by atoms with Crippen LogP contribution in [0.2, 0.25) is 0 Å². The number of phenolic OH excluding ortho intramolecular Hbond substituents is 2. The summed E-state index contributed by atoms with van der Waals surface area (Å²) in [6.07, 6.45) is -0.760. The maximum Gasteiger partial charge on any atom is 0.238 e.